The third-order valence-electron chi connectivity index (χ3n) is 4.20. The highest BCUT2D eigenvalue weighted by atomic mass is 16.5. The van der Waals surface area contributed by atoms with Gasteiger partial charge in [0, 0.05) is 24.8 Å². The molecule has 0 aliphatic carbocycles. The van der Waals surface area contributed by atoms with Crippen LogP contribution in [-0.2, 0) is 5.60 Å². The molecule has 0 bridgehead atoms. The summed E-state index contributed by atoms with van der Waals surface area (Å²) in [5.41, 5.74) is 6.25. The van der Waals surface area contributed by atoms with Gasteiger partial charge in [0.05, 0.1) is 17.6 Å². The first kappa shape index (κ1) is 19.4. The number of nitrogen functional groups attached to an aromatic ring is 1. The smallest absolute Gasteiger partial charge is 0.303 e. The molecule has 4 rings (SSSR count). The van der Waals surface area contributed by atoms with Crippen molar-refractivity contribution in [1.82, 2.24) is 29.7 Å². The van der Waals surface area contributed by atoms with Gasteiger partial charge in [-0.15, -0.1) is 0 Å². The summed E-state index contributed by atoms with van der Waals surface area (Å²) in [4.78, 5) is 16.8. The van der Waals surface area contributed by atoms with Crippen LogP contribution in [0.3, 0.4) is 0 Å². The van der Waals surface area contributed by atoms with E-state index in [4.69, 9.17) is 15.0 Å². The third-order valence-corrected chi connectivity index (χ3v) is 4.20. The van der Waals surface area contributed by atoms with Crippen molar-refractivity contribution >= 4 is 17.0 Å². The zero-order chi connectivity index (χ0) is 21.3. The number of aryl methyl sites for hydroxylation is 1. The molecule has 0 spiro atoms. The number of benzene rings is 1. The summed E-state index contributed by atoms with van der Waals surface area (Å²) in [5.74, 6) is 6.86. The van der Waals surface area contributed by atoms with Gasteiger partial charge in [-0.05, 0) is 32.0 Å². The summed E-state index contributed by atoms with van der Waals surface area (Å²) in [6.07, 6.45) is 1.56. The topological polar surface area (TPSA) is 138 Å². The van der Waals surface area contributed by atoms with E-state index < -0.39 is 5.60 Å². The monoisotopic (exact) mass is 405 g/mol. The minimum atomic E-state index is -1.56. The number of anilines is 1. The van der Waals surface area contributed by atoms with Crippen LogP contribution in [0.5, 0.6) is 6.01 Å². The van der Waals surface area contributed by atoms with Gasteiger partial charge in [-0.2, -0.15) is 15.0 Å². The molecule has 0 saturated carbocycles. The third kappa shape index (κ3) is 3.66. The van der Waals surface area contributed by atoms with E-state index in [1.807, 2.05) is 19.1 Å². The Labute approximate surface area is 171 Å². The summed E-state index contributed by atoms with van der Waals surface area (Å²) in [6, 6.07) is 7.53. The van der Waals surface area contributed by atoms with Gasteiger partial charge in [-0.3, -0.25) is 0 Å². The first-order valence-corrected chi connectivity index (χ1v) is 9.18. The van der Waals surface area contributed by atoms with Crippen LogP contribution in [0.25, 0.3) is 16.9 Å². The van der Waals surface area contributed by atoms with Crippen LogP contribution in [0, 0.1) is 18.8 Å². The predicted octanol–water partition coefficient (Wildman–Crippen LogP) is 1.75. The molecule has 3 aromatic heterocycles. The molecule has 0 aliphatic rings. The number of aromatic nitrogens is 6. The number of rotatable bonds is 4. The Morgan fingerprint density at radius 1 is 1.27 bits per heavy atom. The second kappa shape index (κ2) is 7.46. The molecule has 10 heteroatoms. The predicted molar refractivity (Wildman–Crippen MR) is 108 cm³/mol. The lowest BCUT2D eigenvalue weighted by Crippen LogP contribution is -2.20. The van der Waals surface area contributed by atoms with Crippen molar-refractivity contribution in [3.8, 4) is 23.7 Å². The molecule has 0 aliphatic heterocycles. The summed E-state index contributed by atoms with van der Waals surface area (Å²) in [6.45, 7) is 5.45. The van der Waals surface area contributed by atoms with Crippen molar-refractivity contribution < 1.29 is 14.4 Å². The van der Waals surface area contributed by atoms with E-state index in [1.54, 1.807) is 29.8 Å². The van der Waals surface area contributed by atoms with Crippen LogP contribution < -0.4 is 10.5 Å². The van der Waals surface area contributed by atoms with E-state index in [9.17, 15) is 5.11 Å². The number of ether oxygens (including phenoxy) is 1. The molecule has 4 aromatic rings. The van der Waals surface area contributed by atoms with Gasteiger partial charge < -0.3 is 20.1 Å². The Kier molecular flexibility index (Phi) is 4.81. The first-order valence-electron chi connectivity index (χ1n) is 9.18. The van der Waals surface area contributed by atoms with Gasteiger partial charge in [0.15, 0.2) is 5.60 Å². The molecule has 1 atom stereocenters. The number of nitrogens with zero attached hydrogens (tertiary/aromatic N) is 6. The molecule has 0 saturated heterocycles. The van der Waals surface area contributed by atoms with Crippen molar-refractivity contribution in [2.24, 2.45) is 0 Å². The molecule has 10 nitrogen and oxygen atoms in total. The lowest BCUT2D eigenvalue weighted by Gasteiger charge is -2.10. The van der Waals surface area contributed by atoms with Gasteiger partial charge in [-0.1, -0.05) is 17.0 Å². The van der Waals surface area contributed by atoms with E-state index in [1.165, 1.54) is 6.92 Å². The second-order valence-corrected chi connectivity index (χ2v) is 6.60. The van der Waals surface area contributed by atoms with Crippen molar-refractivity contribution in [2.75, 3.05) is 12.3 Å². The van der Waals surface area contributed by atoms with Gasteiger partial charge in [0.2, 0.25) is 17.7 Å². The van der Waals surface area contributed by atoms with E-state index >= 15 is 0 Å². The Morgan fingerprint density at radius 2 is 2.10 bits per heavy atom. The average Bonchev–Trinajstić information content (AvgIpc) is 3.30. The fourth-order valence-electron chi connectivity index (χ4n) is 2.81. The summed E-state index contributed by atoms with van der Waals surface area (Å²) in [5, 5.41) is 14.3. The molecular weight excluding hydrogens is 386 g/mol. The van der Waals surface area contributed by atoms with Crippen molar-refractivity contribution in [3.05, 3.63) is 47.7 Å². The quantitative estimate of drug-likeness (QED) is 0.486. The van der Waals surface area contributed by atoms with Crippen molar-refractivity contribution in [1.29, 1.82) is 0 Å². The van der Waals surface area contributed by atoms with Gasteiger partial charge in [0.25, 0.3) is 0 Å². The Balaban J connectivity index is 1.80. The van der Waals surface area contributed by atoms with Crippen molar-refractivity contribution in [3.63, 3.8) is 0 Å². The van der Waals surface area contributed by atoms with Crippen LogP contribution in [-0.4, -0.2) is 41.4 Å². The zero-order valence-electron chi connectivity index (χ0n) is 16.6. The molecule has 3 heterocycles. The molecule has 1 unspecified atom stereocenters. The first-order chi connectivity index (χ1) is 14.4. The number of hydrogen-bond donors (Lipinski definition) is 2. The fraction of sp³-hybridized carbons (Fsp3) is 0.250. The number of aliphatic hydroxyl groups is 1. The Morgan fingerprint density at radius 3 is 2.80 bits per heavy atom. The molecule has 0 fully saturated rings. The fourth-order valence-corrected chi connectivity index (χ4v) is 2.81. The molecule has 0 amide bonds. The minimum Gasteiger partial charge on any atom is -0.465 e. The van der Waals surface area contributed by atoms with Gasteiger partial charge >= 0.3 is 6.01 Å². The minimum absolute atomic E-state index is 0.105. The highest BCUT2D eigenvalue weighted by molar-refractivity contribution is 5.80. The summed E-state index contributed by atoms with van der Waals surface area (Å²) in [7, 11) is 0. The van der Waals surface area contributed by atoms with E-state index in [0.29, 0.717) is 35.4 Å². The summed E-state index contributed by atoms with van der Waals surface area (Å²) >= 11 is 0. The van der Waals surface area contributed by atoms with Crippen LogP contribution in [0.1, 0.15) is 31.1 Å². The van der Waals surface area contributed by atoms with E-state index in [2.05, 4.69) is 36.9 Å². The summed E-state index contributed by atoms with van der Waals surface area (Å²) < 4.78 is 12.3. The second-order valence-electron chi connectivity index (χ2n) is 6.60. The SMILES string of the molecule is CCOc1nc2ccc(C#CC(C)(O)c3noc(C)n3)cc2n1-c1ccnc(N)n1. The number of hydrogen-bond acceptors (Lipinski definition) is 9. The maximum absolute atomic E-state index is 10.6. The van der Waals surface area contributed by atoms with Crippen LogP contribution >= 0.6 is 0 Å². The van der Waals surface area contributed by atoms with Gasteiger partial charge in [-0.25, -0.2) is 9.55 Å². The molecule has 1 aromatic carbocycles. The van der Waals surface area contributed by atoms with E-state index in [-0.39, 0.29) is 11.8 Å². The number of fused-ring (bicyclic) bond motifs is 1. The highest BCUT2D eigenvalue weighted by Gasteiger charge is 2.26. The number of nitrogens with two attached hydrogens (primary N) is 1. The molecule has 30 heavy (non-hydrogen) atoms. The number of imidazole rings is 1. The zero-order valence-corrected chi connectivity index (χ0v) is 16.6. The van der Waals surface area contributed by atoms with Crippen molar-refractivity contribution in [2.45, 2.75) is 26.4 Å². The molecule has 3 N–H and O–H groups in total. The Hall–Kier alpha value is -3.97. The maximum Gasteiger partial charge on any atom is 0.303 e. The Bertz CT molecular complexity index is 1280. The maximum atomic E-state index is 10.6. The van der Waals surface area contributed by atoms with Gasteiger partial charge in [0.1, 0.15) is 5.82 Å². The van der Waals surface area contributed by atoms with E-state index in [0.717, 1.165) is 5.52 Å². The van der Waals surface area contributed by atoms with Crippen LogP contribution in [0.15, 0.2) is 35.0 Å². The molecule has 0 radical (unpaired) electrons. The molecule has 152 valence electrons. The lowest BCUT2D eigenvalue weighted by atomic mass is 10.1. The van der Waals surface area contributed by atoms with Crippen LogP contribution in [0.2, 0.25) is 0 Å². The molecular formula is C20H19N7O3. The van der Waals surface area contributed by atoms with Crippen LogP contribution in [0.4, 0.5) is 5.95 Å². The lowest BCUT2D eigenvalue weighted by molar-refractivity contribution is 0.108. The normalized spacial score (nSPS) is 12.9. The average molecular weight is 405 g/mol. The largest absolute Gasteiger partial charge is 0.465 e. The highest BCUT2D eigenvalue weighted by Crippen LogP contribution is 2.26. The standard InChI is InChI=1S/C20H19N7O3/c1-4-29-19-24-14-6-5-13(7-9-20(3,28)17-23-12(2)30-26-17)11-15(14)27(19)16-8-10-22-18(21)25-16/h5-6,8,10-11,28H,4H2,1-3H3,(H2,21,22,25).